The van der Waals surface area contributed by atoms with E-state index >= 15 is 0 Å². The van der Waals surface area contributed by atoms with Gasteiger partial charge in [-0.25, -0.2) is 0 Å². The lowest BCUT2D eigenvalue weighted by molar-refractivity contribution is 0.00842. The molecule has 1 amide bonds. The zero-order valence-corrected chi connectivity index (χ0v) is 14.1. The standard InChI is InChI=1S/C16H23BrN2O2/c1-12-3-4-15(17)14(11-12)16(20)19-8-5-13(6-9-19)21-10-2-7-18/h3-4,11,13H,2,5-10,18H2,1H3. The first-order valence-corrected chi connectivity index (χ1v) is 8.28. The molecule has 1 aliphatic rings. The normalized spacial score (nSPS) is 16.2. The highest BCUT2D eigenvalue weighted by molar-refractivity contribution is 9.10. The largest absolute Gasteiger partial charge is 0.378 e. The Morgan fingerprint density at radius 1 is 1.43 bits per heavy atom. The molecule has 21 heavy (non-hydrogen) atoms. The number of nitrogens with two attached hydrogens (primary N) is 1. The number of carbonyl (C=O) groups excluding carboxylic acids is 1. The van der Waals surface area contributed by atoms with E-state index in [0.29, 0.717) is 6.54 Å². The van der Waals surface area contributed by atoms with E-state index < -0.39 is 0 Å². The molecule has 2 rings (SSSR count). The minimum absolute atomic E-state index is 0.103. The summed E-state index contributed by atoms with van der Waals surface area (Å²) in [6.45, 7) is 4.90. The fourth-order valence-corrected chi connectivity index (χ4v) is 2.95. The highest BCUT2D eigenvalue weighted by Gasteiger charge is 2.25. The van der Waals surface area contributed by atoms with Crippen LogP contribution in [0.5, 0.6) is 0 Å². The van der Waals surface area contributed by atoms with Gasteiger partial charge in [-0.3, -0.25) is 4.79 Å². The number of aryl methyl sites for hydroxylation is 1. The Labute approximate surface area is 134 Å². The van der Waals surface area contributed by atoms with E-state index in [1.54, 1.807) is 0 Å². The predicted octanol–water partition coefficient (Wildman–Crippen LogP) is 2.73. The maximum absolute atomic E-state index is 12.6. The number of ether oxygens (including phenoxy) is 1. The van der Waals surface area contributed by atoms with Crippen molar-refractivity contribution in [3.63, 3.8) is 0 Å². The summed E-state index contributed by atoms with van der Waals surface area (Å²) in [6.07, 6.45) is 2.97. The van der Waals surface area contributed by atoms with Crippen LogP contribution < -0.4 is 5.73 Å². The fraction of sp³-hybridized carbons (Fsp3) is 0.562. The lowest BCUT2D eigenvalue weighted by atomic mass is 10.1. The van der Waals surface area contributed by atoms with E-state index in [9.17, 15) is 4.79 Å². The Morgan fingerprint density at radius 2 is 2.14 bits per heavy atom. The SMILES string of the molecule is Cc1ccc(Br)c(C(=O)N2CCC(OCCCN)CC2)c1. The first-order valence-electron chi connectivity index (χ1n) is 7.49. The van der Waals surface area contributed by atoms with Crippen LogP contribution >= 0.6 is 15.9 Å². The van der Waals surface area contributed by atoms with Crippen LogP contribution in [0.1, 0.15) is 35.2 Å². The smallest absolute Gasteiger partial charge is 0.255 e. The summed E-state index contributed by atoms with van der Waals surface area (Å²) in [5.74, 6) is 0.103. The third-order valence-corrected chi connectivity index (χ3v) is 4.47. The molecule has 0 aromatic heterocycles. The Kier molecular flexibility index (Phi) is 6.21. The van der Waals surface area contributed by atoms with E-state index in [2.05, 4.69) is 15.9 Å². The summed E-state index contributed by atoms with van der Waals surface area (Å²) in [6, 6.07) is 5.87. The molecule has 2 N–H and O–H groups in total. The zero-order valence-electron chi connectivity index (χ0n) is 12.5. The van der Waals surface area contributed by atoms with Gasteiger partial charge in [-0.05, 0) is 60.8 Å². The number of carbonyl (C=O) groups is 1. The summed E-state index contributed by atoms with van der Waals surface area (Å²) >= 11 is 3.47. The van der Waals surface area contributed by atoms with Crippen LogP contribution in [0, 0.1) is 6.92 Å². The molecule has 1 aromatic rings. The van der Waals surface area contributed by atoms with E-state index in [1.807, 2.05) is 30.0 Å². The lowest BCUT2D eigenvalue weighted by Crippen LogP contribution is -2.41. The van der Waals surface area contributed by atoms with Gasteiger partial charge < -0.3 is 15.4 Å². The molecule has 0 atom stereocenters. The van der Waals surface area contributed by atoms with E-state index in [1.165, 1.54) is 0 Å². The molecular formula is C16H23BrN2O2. The third-order valence-electron chi connectivity index (χ3n) is 3.78. The maximum Gasteiger partial charge on any atom is 0.255 e. The molecule has 1 aliphatic heterocycles. The number of piperidine rings is 1. The molecule has 0 bridgehead atoms. The Hall–Kier alpha value is -0.910. The van der Waals surface area contributed by atoms with E-state index in [4.69, 9.17) is 10.5 Å². The number of nitrogens with zero attached hydrogens (tertiary/aromatic N) is 1. The second kappa shape index (κ2) is 7.92. The highest BCUT2D eigenvalue weighted by atomic mass is 79.9. The summed E-state index contributed by atoms with van der Waals surface area (Å²) in [4.78, 5) is 14.5. The van der Waals surface area contributed by atoms with Gasteiger partial charge in [0.2, 0.25) is 0 Å². The third kappa shape index (κ3) is 4.53. The van der Waals surface area contributed by atoms with Gasteiger partial charge in [0, 0.05) is 24.2 Å². The molecule has 116 valence electrons. The molecule has 4 nitrogen and oxygen atoms in total. The van der Waals surface area contributed by atoms with Crippen molar-refractivity contribution in [3.05, 3.63) is 33.8 Å². The van der Waals surface area contributed by atoms with Crippen molar-refractivity contribution >= 4 is 21.8 Å². The second-order valence-electron chi connectivity index (χ2n) is 5.49. The van der Waals surface area contributed by atoms with Crippen molar-refractivity contribution in [2.45, 2.75) is 32.3 Å². The molecule has 1 heterocycles. The van der Waals surface area contributed by atoms with Gasteiger partial charge in [-0.2, -0.15) is 0 Å². The number of hydrogen-bond acceptors (Lipinski definition) is 3. The fourth-order valence-electron chi connectivity index (χ4n) is 2.53. The highest BCUT2D eigenvalue weighted by Crippen LogP contribution is 2.22. The van der Waals surface area contributed by atoms with Crippen molar-refractivity contribution in [3.8, 4) is 0 Å². The molecule has 0 saturated carbocycles. The van der Waals surface area contributed by atoms with Crippen LogP contribution in [0.3, 0.4) is 0 Å². The van der Waals surface area contributed by atoms with Gasteiger partial charge in [0.1, 0.15) is 0 Å². The van der Waals surface area contributed by atoms with Crippen LogP contribution in [0.2, 0.25) is 0 Å². The van der Waals surface area contributed by atoms with E-state index in [-0.39, 0.29) is 12.0 Å². The van der Waals surface area contributed by atoms with Gasteiger partial charge >= 0.3 is 0 Å². The minimum atomic E-state index is 0.103. The summed E-state index contributed by atoms with van der Waals surface area (Å²) < 4.78 is 6.63. The van der Waals surface area contributed by atoms with Crippen LogP contribution in [0.4, 0.5) is 0 Å². The Balaban J connectivity index is 1.89. The molecule has 1 saturated heterocycles. The van der Waals surface area contributed by atoms with Gasteiger partial charge in [0.15, 0.2) is 0 Å². The Morgan fingerprint density at radius 3 is 2.81 bits per heavy atom. The molecule has 1 fully saturated rings. The predicted molar refractivity (Wildman–Crippen MR) is 87.4 cm³/mol. The van der Waals surface area contributed by atoms with Gasteiger partial charge in [0.05, 0.1) is 11.7 Å². The molecule has 0 unspecified atom stereocenters. The number of likely N-dealkylation sites (tertiary alicyclic amines) is 1. The molecule has 0 radical (unpaired) electrons. The minimum Gasteiger partial charge on any atom is -0.378 e. The van der Waals surface area contributed by atoms with Crippen molar-refractivity contribution in [1.29, 1.82) is 0 Å². The summed E-state index contributed by atoms with van der Waals surface area (Å²) in [7, 11) is 0. The van der Waals surface area contributed by atoms with E-state index in [0.717, 1.165) is 54.6 Å². The van der Waals surface area contributed by atoms with Crippen molar-refractivity contribution < 1.29 is 9.53 Å². The van der Waals surface area contributed by atoms with Crippen molar-refractivity contribution in [1.82, 2.24) is 4.90 Å². The van der Waals surface area contributed by atoms with Crippen molar-refractivity contribution in [2.75, 3.05) is 26.2 Å². The molecule has 0 aliphatic carbocycles. The Bertz CT molecular complexity index is 485. The number of hydrogen-bond donors (Lipinski definition) is 1. The molecular weight excluding hydrogens is 332 g/mol. The van der Waals surface area contributed by atoms with Crippen LogP contribution in [-0.4, -0.2) is 43.2 Å². The van der Waals surface area contributed by atoms with Gasteiger partial charge in [-0.15, -0.1) is 0 Å². The lowest BCUT2D eigenvalue weighted by Gasteiger charge is -2.32. The first-order chi connectivity index (χ1) is 10.1. The first kappa shape index (κ1) is 16.5. The molecule has 1 aromatic carbocycles. The molecule has 5 heteroatoms. The monoisotopic (exact) mass is 354 g/mol. The number of benzene rings is 1. The van der Waals surface area contributed by atoms with Gasteiger partial charge in [-0.1, -0.05) is 11.6 Å². The zero-order chi connectivity index (χ0) is 15.2. The average molecular weight is 355 g/mol. The molecule has 0 spiro atoms. The summed E-state index contributed by atoms with van der Waals surface area (Å²) in [5, 5.41) is 0. The topological polar surface area (TPSA) is 55.6 Å². The van der Waals surface area contributed by atoms with Crippen LogP contribution in [-0.2, 0) is 4.74 Å². The quantitative estimate of drug-likeness (QED) is 0.827. The average Bonchev–Trinajstić information content (AvgIpc) is 2.50. The van der Waals surface area contributed by atoms with Crippen LogP contribution in [0.25, 0.3) is 0 Å². The summed E-state index contributed by atoms with van der Waals surface area (Å²) in [5.41, 5.74) is 7.31. The van der Waals surface area contributed by atoms with Crippen LogP contribution in [0.15, 0.2) is 22.7 Å². The van der Waals surface area contributed by atoms with Crippen molar-refractivity contribution in [2.24, 2.45) is 5.73 Å². The number of halogens is 1. The maximum atomic E-state index is 12.6. The number of amides is 1. The van der Waals surface area contributed by atoms with Gasteiger partial charge in [0.25, 0.3) is 5.91 Å². The second-order valence-corrected chi connectivity index (χ2v) is 6.34. The number of rotatable bonds is 5.